The van der Waals surface area contributed by atoms with Crippen LogP contribution < -0.4 is 4.74 Å². The number of hydrogen-bond acceptors (Lipinski definition) is 5. The molecule has 0 aliphatic rings. The van der Waals surface area contributed by atoms with E-state index in [-0.39, 0.29) is 11.6 Å². The van der Waals surface area contributed by atoms with Crippen LogP contribution in [-0.2, 0) is 4.79 Å². The lowest BCUT2D eigenvalue weighted by Gasteiger charge is -2.08. The monoisotopic (exact) mass is 212 g/mol. The van der Waals surface area contributed by atoms with Crippen LogP contribution in [0.1, 0.15) is 6.92 Å². The highest BCUT2D eigenvalue weighted by atomic mass is 16.6. The summed E-state index contributed by atoms with van der Waals surface area (Å²) in [4.78, 5) is 23.9. The normalized spacial score (nSPS) is 11.8. The van der Waals surface area contributed by atoms with Crippen molar-refractivity contribution in [3.63, 3.8) is 0 Å². The van der Waals surface area contributed by atoms with Crippen LogP contribution >= 0.6 is 0 Å². The second-order valence-corrected chi connectivity index (χ2v) is 2.68. The highest BCUT2D eigenvalue weighted by molar-refractivity contribution is 5.72. The Morgan fingerprint density at radius 3 is 2.93 bits per heavy atom. The van der Waals surface area contributed by atoms with Crippen LogP contribution in [0.25, 0.3) is 0 Å². The lowest BCUT2D eigenvalue weighted by atomic mass is 10.4. The Balaban J connectivity index is 2.94. The number of nitro groups is 1. The van der Waals surface area contributed by atoms with E-state index in [1.54, 1.807) is 0 Å². The molecule has 1 heterocycles. The molecule has 0 amide bonds. The summed E-state index contributed by atoms with van der Waals surface area (Å²) in [6.45, 7) is 1.26. The van der Waals surface area contributed by atoms with Gasteiger partial charge in [-0.15, -0.1) is 0 Å². The third-order valence-corrected chi connectivity index (χ3v) is 1.58. The molecule has 1 rings (SSSR count). The first-order valence-corrected chi connectivity index (χ1v) is 4.01. The maximum absolute atomic E-state index is 10.5. The number of nitrogens with zero attached hydrogens (tertiary/aromatic N) is 2. The molecule has 7 nitrogen and oxygen atoms in total. The summed E-state index contributed by atoms with van der Waals surface area (Å²) in [6, 6.07) is 2.56. The molecule has 80 valence electrons. The van der Waals surface area contributed by atoms with Gasteiger partial charge in [-0.25, -0.2) is 9.78 Å². The van der Waals surface area contributed by atoms with E-state index in [0.29, 0.717) is 0 Å². The second-order valence-electron chi connectivity index (χ2n) is 2.68. The number of aliphatic carboxylic acids is 1. The molecule has 0 spiro atoms. The summed E-state index contributed by atoms with van der Waals surface area (Å²) in [5, 5.41) is 19.1. The van der Waals surface area contributed by atoms with Gasteiger partial charge in [-0.3, -0.25) is 10.1 Å². The minimum Gasteiger partial charge on any atom is -0.479 e. The van der Waals surface area contributed by atoms with Gasteiger partial charge in [-0.2, -0.15) is 0 Å². The molecule has 15 heavy (non-hydrogen) atoms. The average molecular weight is 212 g/mol. The van der Waals surface area contributed by atoms with Crippen LogP contribution in [0.2, 0.25) is 0 Å². The number of pyridine rings is 1. The quantitative estimate of drug-likeness (QED) is 0.586. The van der Waals surface area contributed by atoms with Gasteiger partial charge in [-0.1, -0.05) is 0 Å². The molecule has 0 bridgehead atoms. The third-order valence-electron chi connectivity index (χ3n) is 1.58. The second kappa shape index (κ2) is 4.36. The maximum atomic E-state index is 10.5. The Bertz CT molecular complexity index is 392. The molecule has 0 aliphatic heterocycles. The number of carbonyl (C=O) groups is 1. The lowest BCUT2D eigenvalue weighted by molar-refractivity contribution is -0.386. The molecule has 7 heteroatoms. The minimum atomic E-state index is -1.21. The number of rotatable bonds is 4. The largest absolute Gasteiger partial charge is 0.479 e. The molecule has 0 fully saturated rings. The van der Waals surface area contributed by atoms with Crippen molar-refractivity contribution in [2.45, 2.75) is 13.0 Å². The highest BCUT2D eigenvalue weighted by Crippen LogP contribution is 2.23. The number of hydrogen-bond donors (Lipinski definition) is 1. The molecule has 1 N–H and O–H groups in total. The van der Waals surface area contributed by atoms with Crippen LogP contribution in [-0.4, -0.2) is 27.1 Å². The zero-order valence-electron chi connectivity index (χ0n) is 7.78. The first-order valence-electron chi connectivity index (χ1n) is 4.01. The molecule has 1 atom stereocenters. The Kier molecular flexibility index (Phi) is 3.17. The topological polar surface area (TPSA) is 103 Å². The van der Waals surface area contributed by atoms with Crippen molar-refractivity contribution in [2.75, 3.05) is 0 Å². The Morgan fingerprint density at radius 1 is 1.73 bits per heavy atom. The lowest BCUT2D eigenvalue weighted by Crippen LogP contribution is -2.23. The standard InChI is InChI=1S/C8H8N2O5/c1-5(8(11)12)15-7-6(10(13)14)3-2-4-9-7/h2-5H,1H3,(H,11,12). The summed E-state index contributed by atoms with van der Waals surface area (Å²) in [5.74, 6) is -1.51. The Morgan fingerprint density at radius 2 is 2.40 bits per heavy atom. The Labute approximate surface area is 84.5 Å². The van der Waals surface area contributed by atoms with E-state index in [1.807, 2.05) is 0 Å². The van der Waals surface area contributed by atoms with Crippen LogP contribution in [0.5, 0.6) is 5.88 Å². The van der Waals surface area contributed by atoms with E-state index in [9.17, 15) is 14.9 Å². The van der Waals surface area contributed by atoms with Crippen LogP contribution in [0, 0.1) is 10.1 Å². The fourth-order valence-electron chi connectivity index (χ4n) is 0.830. The minimum absolute atomic E-state index is 0.294. The maximum Gasteiger partial charge on any atom is 0.344 e. The van der Waals surface area contributed by atoms with Crippen molar-refractivity contribution in [3.05, 3.63) is 28.4 Å². The van der Waals surface area contributed by atoms with E-state index in [1.165, 1.54) is 25.3 Å². The first-order chi connectivity index (χ1) is 7.02. The number of carboxylic acids is 1. The fraction of sp³-hybridized carbons (Fsp3) is 0.250. The van der Waals surface area contributed by atoms with Gasteiger partial charge >= 0.3 is 11.7 Å². The Hall–Kier alpha value is -2.18. The third kappa shape index (κ3) is 2.63. The van der Waals surface area contributed by atoms with Crippen molar-refractivity contribution in [2.24, 2.45) is 0 Å². The zero-order valence-corrected chi connectivity index (χ0v) is 7.78. The van der Waals surface area contributed by atoms with Gasteiger partial charge in [0.25, 0.3) is 5.88 Å². The van der Waals surface area contributed by atoms with Gasteiger partial charge in [-0.05, 0) is 13.0 Å². The predicted molar refractivity (Wildman–Crippen MR) is 48.6 cm³/mol. The summed E-state index contributed by atoms with van der Waals surface area (Å²) < 4.78 is 4.82. The molecule has 0 saturated carbocycles. The molecule has 1 aromatic rings. The van der Waals surface area contributed by atoms with E-state index in [0.717, 1.165) is 0 Å². The van der Waals surface area contributed by atoms with Gasteiger partial charge in [0.15, 0.2) is 6.10 Å². The average Bonchev–Trinajstić information content (AvgIpc) is 2.18. The van der Waals surface area contributed by atoms with E-state index < -0.39 is 17.0 Å². The molecule has 1 unspecified atom stereocenters. The number of ether oxygens (including phenoxy) is 1. The molecule has 0 aromatic carbocycles. The van der Waals surface area contributed by atoms with Crippen molar-refractivity contribution in [3.8, 4) is 5.88 Å². The number of aromatic nitrogens is 1. The summed E-state index contributed by atoms with van der Waals surface area (Å²) >= 11 is 0. The molecule has 0 radical (unpaired) electrons. The van der Waals surface area contributed by atoms with Gasteiger partial charge in [0, 0.05) is 12.3 Å². The first kappa shape index (κ1) is 10.9. The van der Waals surface area contributed by atoms with Crippen molar-refractivity contribution >= 4 is 11.7 Å². The van der Waals surface area contributed by atoms with Crippen LogP contribution in [0.15, 0.2) is 18.3 Å². The molecule has 0 saturated heterocycles. The van der Waals surface area contributed by atoms with Crippen molar-refractivity contribution in [1.82, 2.24) is 4.98 Å². The molecular weight excluding hydrogens is 204 g/mol. The summed E-state index contributed by atoms with van der Waals surface area (Å²) in [6.07, 6.45) is 0.107. The van der Waals surface area contributed by atoms with Crippen LogP contribution in [0.4, 0.5) is 5.69 Å². The highest BCUT2D eigenvalue weighted by Gasteiger charge is 2.21. The summed E-state index contributed by atoms with van der Waals surface area (Å²) in [5.41, 5.74) is -0.356. The predicted octanol–water partition coefficient (Wildman–Crippen LogP) is 0.842. The van der Waals surface area contributed by atoms with E-state index in [4.69, 9.17) is 9.84 Å². The van der Waals surface area contributed by atoms with Gasteiger partial charge in [0.2, 0.25) is 0 Å². The van der Waals surface area contributed by atoms with Crippen molar-refractivity contribution in [1.29, 1.82) is 0 Å². The molecule has 0 aliphatic carbocycles. The fourth-order valence-corrected chi connectivity index (χ4v) is 0.830. The van der Waals surface area contributed by atoms with Gasteiger partial charge in [0.05, 0.1) is 4.92 Å². The van der Waals surface area contributed by atoms with E-state index >= 15 is 0 Å². The van der Waals surface area contributed by atoms with Crippen molar-refractivity contribution < 1.29 is 19.6 Å². The molecule has 1 aromatic heterocycles. The molecular formula is C8H8N2O5. The van der Waals surface area contributed by atoms with Crippen LogP contribution in [0.3, 0.4) is 0 Å². The SMILES string of the molecule is CC(Oc1ncccc1[N+](=O)[O-])C(=O)O. The zero-order chi connectivity index (χ0) is 11.4. The van der Waals surface area contributed by atoms with Gasteiger partial charge in [0.1, 0.15) is 0 Å². The van der Waals surface area contributed by atoms with E-state index in [2.05, 4.69) is 4.98 Å². The summed E-state index contributed by atoms with van der Waals surface area (Å²) in [7, 11) is 0. The van der Waals surface area contributed by atoms with Gasteiger partial charge < -0.3 is 9.84 Å². The smallest absolute Gasteiger partial charge is 0.344 e. The number of carboxylic acid groups (broad SMARTS) is 1.